The Balaban J connectivity index is 1.88. The number of hydrogen-bond donors (Lipinski definition) is 1. The Morgan fingerprint density at radius 1 is 0.818 bits per heavy atom. The van der Waals surface area contributed by atoms with Gasteiger partial charge in [-0.3, -0.25) is 4.79 Å². The molecule has 0 aromatic heterocycles. The summed E-state index contributed by atoms with van der Waals surface area (Å²) in [6.07, 6.45) is 3.05. The molecule has 2 rings (SSSR count). The minimum Gasteiger partial charge on any atom is -0.481 e. The van der Waals surface area contributed by atoms with E-state index >= 15 is 0 Å². The number of aliphatic carboxylic acids is 1. The molecule has 0 bridgehead atoms. The number of carboxylic acids is 1. The zero-order valence-electron chi connectivity index (χ0n) is 13.4. The standard InChI is InChI=1S/C20H24O2/c1-15-3-7-17(8-4-15)11-13-19(20(21)22)14-12-18-9-5-16(2)6-10-18/h3-10,19H,11-14H2,1-2H3,(H,21,22). The summed E-state index contributed by atoms with van der Waals surface area (Å²) < 4.78 is 0. The fourth-order valence-corrected chi connectivity index (χ4v) is 2.58. The summed E-state index contributed by atoms with van der Waals surface area (Å²) in [5.74, 6) is -0.957. The van der Waals surface area contributed by atoms with Crippen LogP contribution in [0.5, 0.6) is 0 Å². The summed E-state index contributed by atoms with van der Waals surface area (Å²) in [5.41, 5.74) is 4.90. The lowest BCUT2D eigenvalue weighted by Crippen LogP contribution is -2.15. The van der Waals surface area contributed by atoms with Crippen molar-refractivity contribution in [3.63, 3.8) is 0 Å². The van der Waals surface area contributed by atoms with Crippen molar-refractivity contribution in [2.24, 2.45) is 5.92 Å². The van der Waals surface area contributed by atoms with E-state index in [1.807, 2.05) is 0 Å². The lowest BCUT2D eigenvalue weighted by molar-refractivity contribution is -0.142. The zero-order valence-corrected chi connectivity index (χ0v) is 13.4. The number of benzene rings is 2. The van der Waals surface area contributed by atoms with Gasteiger partial charge in [-0.2, -0.15) is 0 Å². The van der Waals surface area contributed by atoms with Gasteiger partial charge in [-0.1, -0.05) is 59.7 Å². The van der Waals surface area contributed by atoms with Crippen molar-refractivity contribution in [1.82, 2.24) is 0 Å². The number of rotatable bonds is 7. The largest absolute Gasteiger partial charge is 0.481 e. The van der Waals surface area contributed by atoms with Gasteiger partial charge >= 0.3 is 5.97 Å². The Kier molecular flexibility index (Phi) is 5.76. The van der Waals surface area contributed by atoms with Crippen molar-refractivity contribution in [3.05, 3.63) is 70.8 Å². The second kappa shape index (κ2) is 7.79. The SMILES string of the molecule is Cc1ccc(CCC(CCc2ccc(C)cc2)C(=O)O)cc1. The van der Waals surface area contributed by atoms with Gasteiger partial charge in [0.05, 0.1) is 5.92 Å². The summed E-state index contributed by atoms with van der Waals surface area (Å²) in [5, 5.41) is 9.42. The van der Waals surface area contributed by atoms with Crippen LogP contribution in [0.4, 0.5) is 0 Å². The molecule has 0 heterocycles. The van der Waals surface area contributed by atoms with E-state index in [4.69, 9.17) is 0 Å². The van der Waals surface area contributed by atoms with Crippen molar-refractivity contribution < 1.29 is 9.90 Å². The summed E-state index contributed by atoms with van der Waals surface area (Å²) in [4.78, 5) is 11.5. The van der Waals surface area contributed by atoms with Crippen LogP contribution in [0.3, 0.4) is 0 Å². The van der Waals surface area contributed by atoms with Gasteiger partial charge in [0, 0.05) is 0 Å². The molecule has 2 heteroatoms. The van der Waals surface area contributed by atoms with Crippen molar-refractivity contribution in [1.29, 1.82) is 0 Å². The fraction of sp³-hybridized carbons (Fsp3) is 0.350. The first kappa shape index (κ1) is 16.3. The molecule has 0 aliphatic rings. The molecule has 0 amide bonds. The highest BCUT2D eigenvalue weighted by Gasteiger charge is 2.17. The van der Waals surface area contributed by atoms with Crippen LogP contribution in [0.2, 0.25) is 0 Å². The van der Waals surface area contributed by atoms with Crippen molar-refractivity contribution in [3.8, 4) is 0 Å². The second-order valence-corrected chi connectivity index (χ2v) is 6.08. The Hall–Kier alpha value is -2.09. The quantitative estimate of drug-likeness (QED) is 0.812. The summed E-state index contributed by atoms with van der Waals surface area (Å²) in [6.45, 7) is 4.12. The normalized spacial score (nSPS) is 10.9. The lowest BCUT2D eigenvalue weighted by Gasteiger charge is -2.12. The van der Waals surface area contributed by atoms with E-state index in [0.717, 1.165) is 12.8 Å². The first-order chi connectivity index (χ1) is 10.5. The van der Waals surface area contributed by atoms with Crippen LogP contribution in [0.15, 0.2) is 48.5 Å². The van der Waals surface area contributed by atoms with Crippen LogP contribution in [0, 0.1) is 19.8 Å². The van der Waals surface area contributed by atoms with Gasteiger partial charge < -0.3 is 5.11 Å². The molecule has 0 atom stereocenters. The minimum absolute atomic E-state index is 0.275. The van der Waals surface area contributed by atoms with E-state index in [9.17, 15) is 9.90 Å². The highest BCUT2D eigenvalue weighted by molar-refractivity contribution is 5.70. The van der Waals surface area contributed by atoms with Gasteiger partial charge in [0.1, 0.15) is 0 Å². The van der Waals surface area contributed by atoms with Gasteiger partial charge in [-0.25, -0.2) is 0 Å². The smallest absolute Gasteiger partial charge is 0.306 e. The van der Waals surface area contributed by atoms with Crippen LogP contribution in [-0.2, 0) is 17.6 Å². The molecule has 22 heavy (non-hydrogen) atoms. The van der Waals surface area contributed by atoms with E-state index in [0.29, 0.717) is 12.8 Å². The van der Waals surface area contributed by atoms with Gasteiger partial charge in [0.2, 0.25) is 0 Å². The minimum atomic E-state index is -0.681. The third kappa shape index (κ3) is 5.03. The number of carboxylic acid groups (broad SMARTS) is 1. The number of hydrogen-bond acceptors (Lipinski definition) is 1. The molecule has 0 fully saturated rings. The predicted molar refractivity (Wildman–Crippen MR) is 90.1 cm³/mol. The summed E-state index contributed by atoms with van der Waals surface area (Å²) in [7, 11) is 0. The Morgan fingerprint density at radius 2 is 1.18 bits per heavy atom. The molecule has 2 nitrogen and oxygen atoms in total. The Morgan fingerprint density at radius 3 is 1.50 bits per heavy atom. The molecule has 2 aromatic rings. The maximum absolute atomic E-state index is 11.5. The third-order valence-corrected chi connectivity index (χ3v) is 4.15. The van der Waals surface area contributed by atoms with Gasteiger partial charge in [-0.15, -0.1) is 0 Å². The predicted octanol–water partition coefficient (Wildman–Crippen LogP) is 4.57. The van der Waals surface area contributed by atoms with E-state index in [1.54, 1.807) is 0 Å². The highest BCUT2D eigenvalue weighted by atomic mass is 16.4. The summed E-state index contributed by atoms with van der Waals surface area (Å²) >= 11 is 0. The molecular weight excluding hydrogens is 272 g/mol. The van der Waals surface area contributed by atoms with Crippen molar-refractivity contribution in [2.45, 2.75) is 39.5 Å². The topological polar surface area (TPSA) is 37.3 Å². The van der Waals surface area contributed by atoms with Gasteiger partial charge in [0.25, 0.3) is 0 Å². The average Bonchev–Trinajstić information content (AvgIpc) is 2.50. The lowest BCUT2D eigenvalue weighted by atomic mass is 9.93. The average molecular weight is 296 g/mol. The Labute approximate surface area is 132 Å². The van der Waals surface area contributed by atoms with E-state index < -0.39 is 5.97 Å². The van der Waals surface area contributed by atoms with Crippen LogP contribution in [0.25, 0.3) is 0 Å². The third-order valence-electron chi connectivity index (χ3n) is 4.15. The molecule has 2 aromatic carbocycles. The van der Waals surface area contributed by atoms with E-state index in [1.165, 1.54) is 22.3 Å². The maximum Gasteiger partial charge on any atom is 0.306 e. The van der Waals surface area contributed by atoms with Crippen LogP contribution >= 0.6 is 0 Å². The maximum atomic E-state index is 11.5. The fourth-order valence-electron chi connectivity index (χ4n) is 2.58. The molecule has 0 saturated heterocycles. The van der Waals surface area contributed by atoms with Crippen molar-refractivity contribution in [2.75, 3.05) is 0 Å². The first-order valence-corrected chi connectivity index (χ1v) is 7.88. The molecule has 0 saturated carbocycles. The van der Waals surface area contributed by atoms with Gasteiger partial charge in [0.15, 0.2) is 0 Å². The molecule has 0 aliphatic heterocycles. The second-order valence-electron chi connectivity index (χ2n) is 6.08. The molecule has 0 spiro atoms. The summed E-state index contributed by atoms with van der Waals surface area (Å²) in [6, 6.07) is 16.7. The van der Waals surface area contributed by atoms with Crippen LogP contribution in [0.1, 0.15) is 35.1 Å². The van der Waals surface area contributed by atoms with Gasteiger partial charge in [-0.05, 0) is 50.7 Å². The molecule has 0 unspecified atom stereocenters. The zero-order chi connectivity index (χ0) is 15.9. The molecule has 1 N–H and O–H groups in total. The molecular formula is C20H24O2. The number of carbonyl (C=O) groups is 1. The molecule has 0 radical (unpaired) electrons. The van der Waals surface area contributed by atoms with E-state index in [-0.39, 0.29) is 5.92 Å². The van der Waals surface area contributed by atoms with E-state index in [2.05, 4.69) is 62.4 Å². The van der Waals surface area contributed by atoms with Crippen molar-refractivity contribution >= 4 is 5.97 Å². The molecule has 116 valence electrons. The highest BCUT2D eigenvalue weighted by Crippen LogP contribution is 2.17. The van der Waals surface area contributed by atoms with Crippen LogP contribution in [-0.4, -0.2) is 11.1 Å². The monoisotopic (exact) mass is 296 g/mol. The van der Waals surface area contributed by atoms with Crippen LogP contribution < -0.4 is 0 Å². The molecule has 0 aliphatic carbocycles. The number of aryl methyl sites for hydroxylation is 4. The Bertz CT molecular complexity index is 547. The first-order valence-electron chi connectivity index (χ1n) is 7.88.